The Balaban J connectivity index is 3.29. The molecule has 0 unspecified atom stereocenters. The number of hydrogen-bond acceptors (Lipinski definition) is 2. The van der Waals surface area contributed by atoms with Crippen LogP contribution in [0.25, 0.3) is 0 Å². The van der Waals surface area contributed by atoms with E-state index in [0.29, 0.717) is 5.71 Å². The van der Waals surface area contributed by atoms with E-state index in [9.17, 15) is 0 Å². The molecule has 0 aliphatic heterocycles. The van der Waals surface area contributed by atoms with Crippen LogP contribution in [0.2, 0.25) is 0 Å². The van der Waals surface area contributed by atoms with Gasteiger partial charge in [-0.1, -0.05) is 30.9 Å². The van der Waals surface area contributed by atoms with Gasteiger partial charge >= 0.3 is 0 Å². The molecule has 0 aromatic rings. The molecule has 1 rings (SSSR count). The zero-order valence-corrected chi connectivity index (χ0v) is 8.54. The van der Waals surface area contributed by atoms with Crippen LogP contribution >= 0.6 is 0 Å². The minimum atomic E-state index is 0.510. The second kappa shape index (κ2) is 4.51. The molecule has 2 nitrogen and oxygen atoms in total. The molecule has 0 saturated heterocycles. The number of nitrogens with one attached hydrogen (secondary N) is 1. The summed E-state index contributed by atoms with van der Waals surface area (Å²) in [5.74, 6) is 0. The molecular weight excluding hydrogens is 172 g/mol. The van der Waals surface area contributed by atoms with E-state index in [-0.39, 0.29) is 0 Å². The van der Waals surface area contributed by atoms with Crippen molar-refractivity contribution < 1.29 is 0 Å². The molecule has 0 bridgehead atoms. The molecule has 0 radical (unpaired) electrons. The van der Waals surface area contributed by atoms with Gasteiger partial charge < -0.3 is 5.41 Å². The van der Waals surface area contributed by atoms with Crippen molar-refractivity contribution in [1.29, 1.82) is 5.41 Å². The van der Waals surface area contributed by atoms with Crippen LogP contribution in [0.4, 0.5) is 0 Å². The largest absolute Gasteiger partial charge is 0.305 e. The van der Waals surface area contributed by atoms with Crippen molar-refractivity contribution in [2.75, 3.05) is 7.05 Å². The second-order valence-electron chi connectivity index (χ2n) is 2.98. The maximum atomic E-state index is 7.61. The Bertz CT molecular complexity index is 379. The Morgan fingerprint density at radius 3 is 2.57 bits per heavy atom. The minimum absolute atomic E-state index is 0.510. The molecular formula is C12H14N2. The van der Waals surface area contributed by atoms with Crippen LogP contribution in [0, 0.1) is 5.41 Å². The van der Waals surface area contributed by atoms with Gasteiger partial charge in [-0.2, -0.15) is 0 Å². The average Bonchev–Trinajstić information content (AvgIpc) is 2.19. The van der Waals surface area contributed by atoms with Crippen LogP contribution in [-0.2, 0) is 0 Å². The van der Waals surface area contributed by atoms with Gasteiger partial charge in [0.15, 0.2) is 0 Å². The molecule has 0 heterocycles. The molecule has 0 fully saturated rings. The molecule has 1 N–H and O–H groups in total. The zero-order valence-electron chi connectivity index (χ0n) is 8.54. The first-order valence-electron chi connectivity index (χ1n) is 4.45. The normalized spacial score (nSPS) is 21.1. The van der Waals surface area contributed by atoms with Crippen molar-refractivity contribution in [1.82, 2.24) is 0 Å². The van der Waals surface area contributed by atoms with Gasteiger partial charge in [0.25, 0.3) is 0 Å². The summed E-state index contributed by atoms with van der Waals surface area (Å²) in [6, 6.07) is 0. The average molecular weight is 186 g/mol. The molecule has 0 aromatic carbocycles. The molecule has 0 spiro atoms. The highest BCUT2D eigenvalue weighted by Gasteiger charge is 2.09. The van der Waals surface area contributed by atoms with E-state index in [1.165, 1.54) is 0 Å². The first-order chi connectivity index (χ1) is 6.70. The van der Waals surface area contributed by atoms with Gasteiger partial charge in [0.05, 0.1) is 5.71 Å². The highest BCUT2D eigenvalue weighted by atomic mass is 14.7. The third kappa shape index (κ3) is 1.96. The fourth-order valence-corrected chi connectivity index (χ4v) is 1.36. The molecule has 0 aromatic heterocycles. The van der Waals surface area contributed by atoms with E-state index in [1.807, 2.05) is 24.3 Å². The van der Waals surface area contributed by atoms with E-state index >= 15 is 0 Å². The summed E-state index contributed by atoms with van der Waals surface area (Å²) >= 11 is 0. The quantitative estimate of drug-likeness (QED) is 0.644. The standard InChI is InChI=1S/C12H14N2/c1-4-10(9(2)13)11-7-5-6-8-12(11)14-3/h4-8,13H,1H2,2-3H3/b11-10+,13-9?,14-12?. The van der Waals surface area contributed by atoms with Crippen molar-refractivity contribution in [3.05, 3.63) is 48.1 Å². The first-order valence-corrected chi connectivity index (χ1v) is 4.45. The third-order valence-corrected chi connectivity index (χ3v) is 2.04. The van der Waals surface area contributed by atoms with Crippen molar-refractivity contribution in [2.45, 2.75) is 6.92 Å². The lowest BCUT2D eigenvalue weighted by molar-refractivity contribution is 1.41. The van der Waals surface area contributed by atoms with Crippen LogP contribution in [-0.4, -0.2) is 18.5 Å². The van der Waals surface area contributed by atoms with Gasteiger partial charge in [0.1, 0.15) is 0 Å². The number of rotatable bonds is 2. The van der Waals surface area contributed by atoms with Gasteiger partial charge in [-0.25, -0.2) is 0 Å². The highest BCUT2D eigenvalue weighted by Crippen LogP contribution is 2.15. The van der Waals surface area contributed by atoms with Gasteiger partial charge in [0.2, 0.25) is 0 Å². The summed E-state index contributed by atoms with van der Waals surface area (Å²) in [6.07, 6.45) is 9.47. The van der Waals surface area contributed by atoms with Crippen LogP contribution < -0.4 is 0 Å². The van der Waals surface area contributed by atoms with Crippen LogP contribution in [0.1, 0.15) is 6.92 Å². The Morgan fingerprint density at radius 1 is 1.43 bits per heavy atom. The lowest BCUT2D eigenvalue weighted by Crippen LogP contribution is -2.07. The van der Waals surface area contributed by atoms with Crippen molar-refractivity contribution in [3.8, 4) is 0 Å². The van der Waals surface area contributed by atoms with E-state index in [0.717, 1.165) is 16.9 Å². The zero-order chi connectivity index (χ0) is 10.6. The summed E-state index contributed by atoms with van der Waals surface area (Å²) in [7, 11) is 1.75. The van der Waals surface area contributed by atoms with E-state index in [4.69, 9.17) is 5.41 Å². The smallest absolute Gasteiger partial charge is 0.0649 e. The van der Waals surface area contributed by atoms with E-state index < -0.39 is 0 Å². The monoisotopic (exact) mass is 186 g/mol. The molecule has 0 atom stereocenters. The Kier molecular flexibility index (Phi) is 3.35. The van der Waals surface area contributed by atoms with E-state index in [1.54, 1.807) is 20.0 Å². The molecule has 2 heteroatoms. The second-order valence-corrected chi connectivity index (χ2v) is 2.98. The van der Waals surface area contributed by atoms with Crippen LogP contribution in [0.3, 0.4) is 0 Å². The lowest BCUT2D eigenvalue weighted by Gasteiger charge is -2.10. The summed E-state index contributed by atoms with van der Waals surface area (Å²) in [6.45, 7) is 5.47. The maximum Gasteiger partial charge on any atom is 0.0649 e. The topological polar surface area (TPSA) is 36.2 Å². The molecule has 14 heavy (non-hydrogen) atoms. The summed E-state index contributed by atoms with van der Waals surface area (Å²) < 4.78 is 0. The number of nitrogens with zero attached hydrogens (tertiary/aromatic N) is 1. The van der Waals surface area contributed by atoms with Crippen molar-refractivity contribution >= 4 is 11.4 Å². The maximum absolute atomic E-state index is 7.61. The van der Waals surface area contributed by atoms with Gasteiger partial charge in [-0.05, 0) is 13.0 Å². The van der Waals surface area contributed by atoms with Gasteiger partial charge in [0, 0.05) is 23.9 Å². The fraction of sp³-hybridized carbons (Fsp3) is 0.167. The van der Waals surface area contributed by atoms with Crippen molar-refractivity contribution in [3.63, 3.8) is 0 Å². The van der Waals surface area contributed by atoms with Gasteiger partial charge in [-0.3, -0.25) is 4.99 Å². The number of aliphatic imine (C=N–C) groups is 1. The summed E-state index contributed by atoms with van der Waals surface area (Å²) in [5.41, 5.74) is 3.22. The van der Waals surface area contributed by atoms with Crippen LogP contribution in [0.15, 0.2) is 53.1 Å². The Morgan fingerprint density at radius 2 is 2.07 bits per heavy atom. The number of hydrogen-bond donors (Lipinski definition) is 1. The summed E-state index contributed by atoms with van der Waals surface area (Å²) in [4.78, 5) is 4.16. The summed E-state index contributed by atoms with van der Waals surface area (Å²) in [5, 5.41) is 7.61. The highest BCUT2D eigenvalue weighted by molar-refractivity contribution is 6.17. The predicted molar refractivity (Wildman–Crippen MR) is 62.3 cm³/mol. The van der Waals surface area contributed by atoms with E-state index in [2.05, 4.69) is 11.6 Å². The SMILES string of the molecule is C=C/C(C(C)=N)=C1/C=CC=CC1=NC. The Hall–Kier alpha value is -1.70. The molecule has 0 amide bonds. The van der Waals surface area contributed by atoms with Gasteiger partial charge in [-0.15, -0.1) is 0 Å². The third-order valence-electron chi connectivity index (χ3n) is 2.04. The minimum Gasteiger partial charge on any atom is -0.305 e. The van der Waals surface area contributed by atoms with Crippen LogP contribution in [0.5, 0.6) is 0 Å². The molecule has 1 aliphatic carbocycles. The molecule has 0 saturated carbocycles. The fourth-order valence-electron chi connectivity index (χ4n) is 1.36. The number of allylic oxidation sites excluding steroid dienone is 7. The predicted octanol–water partition coefficient (Wildman–Crippen LogP) is 2.71. The molecule has 1 aliphatic rings. The van der Waals surface area contributed by atoms with Crippen molar-refractivity contribution in [2.24, 2.45) is 4.99 Å². The Labute approximate surface area is 84.6 Å². The first kappa shape index (κ1) is 10.4. The molecule has 72 valence electrons. The lowest BCUT2D eigenvalue weighted by atomic mass is 9.96.